The Bertz CT molecular complexity index is 1520. The fourth-order valence-electron chi connectivity index (χ4n) is 3.46. The number of H-pyrrole nitrogens is 2. The van der Waals surface area contributed by atoms with E-state index >= 15 is 0 Å². The second-order valence-electron chi connectivity index (χ2n) is 6.71. The fourth-order valence-corrected chi connectivity index (χ4v) is 4.20. The normalized spacial score (nSPS) is 11.1. The summed E-state index contributed by atoms with van der Waals surface area (Å²) < 4.78 is 13.5. The van der Waals surface area contributed by atoms with Crippen molar-refractivity contribution in [2.24, 2.45) is 0 Å². The van der Waals surface area contributed by atoms with Gasteiger partial charge >= 0.3 is 0 Å². The monoisotopic (exact) mass is 429 g/mol. The number of thiophene rings is 1. The summed E-state index contributed by atoms with van der Waals surface area (Å²) in [5.41, 5.74) is 5.48. The maximum Gasteiger partial charge on any atom is 0.181 e. The number of halogens is 1. The van der Waals surface area contributed by atoms with E-state index < -0.39 is 0 Å². The van der Waals surface area contributed by atoms with Gasteiger partial charge in [-0.25, -0.2) is 9.97 Å². The van der Waals surface area contributed by atoms with Crippen LogP contribution >= 0.6 is 11.3 Å². The van der Waals surface area contributed by atoms with Crippen LogP contribution in [0.4, 0.5) is 4.39 Å². The molecule has 0 spiro atoms. The van der Waals surface area contributed by atoms with Gasteiger partial charge in [-0.05, 0) is 24.3 Å². The minimum absolute atomic E-state index is 0. The van der Waals surface area contributed by atoms with Crippen molar-refractivity contribution in [3.63, 3.8) is 0 Å². The van der Waals surface area contributed by atoms with Crippen molar-refractivity contribution in [1.82, 2.24) is 35.1 Å². The first-order chi connectivity index (χ1) is 14.8. The van der Waals surface area contributed by atoms with E-state index in [9.17, 15) is 4.39 Å². The highest BCUT2D eigenvalue weighted by molar-refractivity contribution is 7.14. The zero-order valence-electron chi connectivity index (χ0n) is 15.3. The van der Waals surface area contributed by atoms with E-state index in [4.69, 9.17) is 4.98 Å². The summed E-state index contributed by atoms with van der Waals surface area (Å²) in [6, 6.07) is 9.06. The maximum atomic E-state index is 13.5. The largest absolute Gasteiger partial charge is 0.335 e. The molecule has 0 aromatic carbocycles. The van der Waals surface area contributed by atoms with E-state index in [1.54, 1.807) is 37.1 Å². The standard InChI is InChI=1S/C21H12FN7S.CH4/c22-17-4-3-16(30-17)14-9-24-10-15-18(14)27-21(26-15)19-13-6-12(8-25-20(13)29-28-19)11-2-1-5-23-7-11;/h1-10H,(H,26,27)(H,25,28,29);1H4. The molecule has 6 aromatic heterocycles. The molecule has 0 aliphatic heterocycles. The van der Waals surface area contributed by atoms with Gasteiger partial charge in [-0.1, -0.05) is 13.5 Å². The molecular weight excluding hydrogens is 413 g/mol. The Morgan fingerprint density at radius 3 is 2.71 bits per heavy atom. The first-order valence-electron chi connectivity index (χ1n) is 9.10. The van der Waals surface area contributed by atoms with Gasteiger partial charge in [0.05, 0.1) is 17.1 Å². The van der Waals surface area contributed by atoms with Crippen molar-refractivity contribution in [3.8, 4) is 33.1 Å². The number of fused-ring (bicyclic) bond motifs is 2. The number of nitrogens with zero attached hydrogens (tertiary/aromatic N) is 5. The minimum atomic E-state index is -0.244. The molecule has 0 radical (unpaired) electrons. The number of hydrogen-bond donors (Lipinski definition) is 2. The van der Waals surface area contributed by atoms with E-state index in [0.717, 1.165) is 55.0 Å². The zero-order chi connectivity index (χ0) is 20.1. The summed E-state index contributed by atoms with van der Waals surface area (Å²) in [5.74, 6) is 0.615. The Labute approximate surface area is 180 Å². The molecule has 0 atom stereocenters. The van der Waals surface area contributed by atoms with Crippen molar-refractivity contribution in [2.75, 3.05) is 0 Å². The Hall–Kier alpha value is -3.98. The molecule has 31 heavy (non-hydrogen) atoms. The number of hydrogen-bond acceptors (Lipinski definition) is 6. The second-order valence-corrected chi connectivity index (χ2v) is 7.74. The van der Waals surface area contributed by atoms with Crippen LogP contribution in [0.25, 0.3) is 55.2 Å². The molecule has 0 saturated heterocycles. The van der Waals surface area contributed by atoms with E-state index in [0.29, 0.717) is 11.5 Å². The fraction of sp³-hybridized carbons (Fsp3) is 0.0455. The minimum Gasteiger partial charge on any atom is -0.335 e. The van der Waals surface area contributed by atoms with Crippen molar-refractivity contribution >= 4 is 33.4 Å². The van der Waals surface area contributed by atoms with Crippen LogP contribution < -0.4 is 0 Å². The first kappa shape index (κ1) is 19.0. The Morgan fingerprint density at radius 2 is 1.90 bits per heavy atom. The predicted molar refractivity (Wildman–Crippen MR) is 120 cm³/mol. The summed E-state index contributed by atoms with van der Waals surface area (Å²) in [6.45, 7) is 0. The van der Waals surface area contributed by atoms with Gasteiger partial charge in [-0.3, -0.25) is 15.1 Å². The third-order valence-corrected chi connectivity index (χ3v) is 5.78. The summed E-state index contributed by atoms with van der Waals surface area (Å²) in [7, 11) is 0. The summed E-state index contributed by atoms with van der Waals surface area (Å²) in [4.78, 5) is 21.8. The van der Waals surface area contributed by atoms with Crippen molar-refractivity contribution < 1.29 is 4.39 Å². The van der Waals surface area contributed by atoms with E-state index in [1.165, 1.54) is 6.07 Å². The van der Waals surface area contributed by atoms with Gasteiger partial charge in [0.2, 0.25) is 0 Å². The van der Waals surface area contributed by atoms with Crippen LogP contribution in [0.1, 0.15) is 7.43 Å². The lowest BCUT2D eigenvalue weighted by molar-refractivity contribution is 0.657. The number of aromatic amines is 2. The first-order valence-corrected chi connectivity index (χ1v) is 9.92. The van der Waals surface area contributed by atoms with Crippen LogP contribution in [-0.2, 0) is 0 Å². The average molecular weight is 429 g/mol. The summed E-state index contributed by atoms with van der Waals surface area (Å²) >= 11 is 1.07. The smallest absolute Gasteiger partial charge is 0.181 e. The molecule has 0 aliphatic carbocycles. The molecule has 0 aliphatic rings. The number of rotatable bonds is 3. The van der Waals surface area contributed by atoms with Crippen LogP contribution in [0.3, 0.4) is 0 Å². The van der Waals surface area contributed by atoms with Crippen molar-refractivity contribution in [3.05, 3.63) is 66.4 Å². The Morgan fingerprint density at radius 1 is 0.968 bits per heavy atom. The lowest BCUT2D eigenvalue weighted by Crippen LogP contribution is -1.84. The molecule has 9 heteroatoms. The van der Waals surface area contributed by atoms with Gasteiger partial charge in [0.25, 0.3) is 0 Å². The zero-order valence-corrected chi connectivity index (χ0v) is 16.1. The van der Waals surface area contributed by atoms with Gasteiger partial charge in [0.1, 0.15) is 11.2 Å². The molecule has 6 heterocycles. The van der Waals surface area contributed by atoms with Crippen LogP contribution in [0.5, 0.6) is 0 Å². The van der Waals surface area contributed by atoms with Gasteiger partial charge < -0.3 is 4.98 Å². The average Bonchev–Trinajstić information content (AvgIpc) is 3.51. The molecule has 0 saturated carbocycles. The van der Waals surface area contributed by atoms with E-state index in [-0.39, 0.29) is 12.6 Å². The molecule has 7 nitrogen and oxygen atoms in total. The molecule has 6 aromatic rings. The molecule has 152 valence electrons. The number of pyridine rings is 3. The molecule has 2 N–H and O–H groups in total. The highest BCUT2D eigenvalue weighted by atomic mass is 32.1. The van der Waals surface area contributed by atoms with Gasteiger partial charge in [0, 0.05) is 46.4 Å². The quantitative estimate of drug-likeness (QED) is 0.389. The Balaban J connectivity index is 0.00000204. The third-order valence-electron chi connectivity index (χ3n) is 4.87. The van der Waals surface area contributed by atoms with Crippen LogP contribution in [0, 0.1) is 5.13 Å². The van der Waals surface area contributed by atoms with Gasteiger partial charge in [-0.15, -0.1) is 11.3 Å². The number of aromatic nitrogens is 7. The maximum absolute atomic E-state index is 13.5. The van der Waals surface area contributed by atoms with Gasteiger partial charge in [0.15, 0.2) is 16.6 Å². The van der Waals surface area contributed by atoms with E-state index in [2.05, 4.69) is 30.1 Å². The number of imidazole rings is 1. The van der Waals surface area contributed by atoms with Gasteiger partial charge in [-0.2, -0.15) is 9.49 Å². The number of nitrogens with one attached hydrogen (secondary N) is 2. The highest BCUT2D eigenvalue weighted by Gasteiger charge is 2.17. The third kappa shape index (κ3) is 3.15. The van der Waals surface area contributed by atoms with Crippen LogP contribution in [0.2, 0.25) is 0 Å². The molecule has 0 unspecified atom stereocenters. The van der Waals surface area contributed by atoms with Crippen molar-refractivity contribution in [2.45, 2.75) is 7.43 Å². The topological polar surface area (TPSA) is 96.0 Å². The van der Waals surface area contributed by atoms with Crippen LogP contribution in [0.15, 0.2) is 61.3 Å². The van der Waals surface area contributed by atoms with Crippen LogP contribution in [-0.4, -0.2) is 35.1 Å². The van der Waals surface area contributed by atoms with E-state index in [1.807, 2.05) is 18.2 Å². The molecule has 0 amide bonds. The molecular formula is C22H16FN7S. The summed E-state index contributed by atoms with van der Waals surface area (Å²) in [5, 5.41) is 7.94. The van der Waals surface area contributed by atoms with Crippen molar-refractivity contribution in [1.29, 1.82) is 0 Å². The molecule has 6 rings (SSSR count). The molecule has 0 bridgehead atoms. The predicted octanol–water partition coefficient (Wildman–Crippen LogP) is 5.46. The summed E-state index contributed by atoms with van der Waals surface area (Å²) in [6.07, 6.45) is 8.71. The highest BCUT2D eigenvalue weighted by Crippen LogP contribution is 2.34. The lowest BCUT2D eigenvalue weighted by Gasteiger charge is -2.00. The second kappa shape index (κ2) is 7.37. The SMILES string of the molecule is C.Fc1ccc(-c2cncc3[nH]c(-c4[nH]nc5ncc(-c6cccnc6)cc45)nc23)s1. The Kier molecular flexibility index (Phi) is 4.52. The lowest BCUT2D eigenvalue weighted by atomic mass is 10.1. The molecule has 0 fully saturated rings.